The van der Waals surface area contributed by atoms with Gasteiger partial charge in [0.15, 0.2) is 0 Å². The zero-order valence-corrected chi connectivity index (χ0v) is 9.88. The predicted molar refractivity (Wildman–Crippen MR) is 57.7 cm³/mol. The fourth-order valence-electron chi connectivity index (χ4n) is 1.54. The molecule has 0 spiro atoms. The number of hydroxylamine groups is 2. The second kappa shape index (κ2) is 7.80. The Labute approximate surface area is 87.4 Å². The van der Waals surface area contributed by atoms with Crippen LogP contribution in [-0.2, 0) is 9.63 Å². The van der Waals surface area contributed by atoms with Crippen LogP contribution in [0.3, 0.4) is 0 Å². The molecular weight excluding hydrogens is 178 g/mol. The Hall–Kier alpha value is -0.570. The van der Waals surface area contributed by atoms with Crippen molar-refractivity contribution in [1.29, 1.82) is 0 Å². The van der Waals surface area contributed by atoms with Crippen LogP contribution in [0, 0.1) is 5.92 Å². The second-order valence-corrected chi connectivity index (χ2v) is 3.65. The van der Waals surface area contributed by atoms with Gasteiger partial charge in [-0.1, -0.05) is 33.1 Å². The lowest BCUT2D eigenvalue weighted by molar-refractivity contribution is -0.174. The van der Waals surface area contributed by atoms with E-state index in [1.165, 1.54) is 12.2 Å². The SMILES string of the molecule is CCCCC(CCC)C(=O)N(C)OC. The zero-order valence-electron chi connectivity index (χ0n) is 9.88. The molecule has 0 heterocycles. The molecule has 0 rings (SSSR count). The monoisotopic (exact) mass is 201 g/mol. The molecule has 0 radical (unpaired) electrons. The summed E-state index contributed by atoms with van der Waals surface area (Å²) in [5.41, 5.74) is 0. The average Bonchev–Trinajstić information content (AvgIpc) is 2.22. The van der Waals surface area contributed by atoms with Crippen molar-refractivity contribution in [1.82, 2.24) is 5.06 Å². The standard InChI is InChI=1S/C11H23NO2/c1-5-7-9-10(8-6-2)11(13)12(3)14-4/h10H,5-9H2,1-4H3. The van der Waals surface area contributed by atoms with Gasteiger partial charge in [0.2, 0.25) is 5.91 Å². The summed E-state index contributed by atoms with van der Waals surface area (Å²) >= 11 is 0. The maximum absolute atomic E-state index is 11.8. The summed E-state index contributed by atoms with van der Waals surface area (Å²) < 4.78 is 0. The lowest BCUT2D eigenvalue weighted by Gasteiger charge is -2.21. The number of rotatable bonds is 7. The molecule has 0 saturated heterocycles. The normalized spacial score (nSPS) is 12.6. The number of carbonyl (C=O) groups excluding carboxylic acids is 1. The average molecular weight is 201 g/mol. The van der Waals surface area contributed by atoms with Gasteiger partial charge in [-0.05, 0) is 12.8 Å². The molecule has 0 aromatic rings. The number of nitrogens with zero attached hydrogens (tertiary/aromatic N) is 1. The van der Waals surface area contributed by atoms with Gasteiger partial charge in [-0.25, -0.2) is 5.06 Å². The predicted octanol–water partition coefficient (Wildman–Crippen LogP) is 2.61. The Bertz CT molecular complexity index is 159. The molecule has 14 heavy (non-hydrogen) atoms. The molecule has 0 bridgehead atoms. The Morgan fingerprint density at radius 2 is 1.93 bits per heavy atom. The minimum Gasteiger partial charge on any atom is -0.275 e. The van der Waals surface area contributed by atoms with Crippen LogP contribution in [0.25, 0.3) is 0 Å². The summed E-state index contributed by atoms with van der Waals surface area (Å²) in [5.74, 6) is 0.257. The van der Waals surface area contributed by atoms with Crippen LogP contribution in [-0.4, -0.2) is 25.1 Å². The van der Waals surface area contributed by atoms with E-state index in [-0.39, 0.29) is 11.8 Å². The first kappa shape index (κ1) is 13.4. The van der Waals surface area contributed by atoms with Gasteiger partial charge in [-0.3, -0.25) is 9.63 Å². The largest absolute Gasteiger partial charge is 0.275 e. The summed E-state index contributed by atoms with van der Waals surface area (Å²) in [6, 6.07) is 0. The van der Waals surface area contributed by atoms with Gasteiger partial charge < -0.3 is 0 Å². The minimum absolute atomic E-state index is 0.114. The quantitative estimate of drug-likeness (QED) is 0.593. The highest BCUT2D eigenvalue weighted by Gasteiger charge is 2.20. The molecule has 0 aromatic heterocycles. The number of hydrogen-bond donors (Lipinski definition) is 0. The molecule has 1 unspecified atom stereocenters. The van der Waals surface area contributed by atoms with Gasteiger partial charge in [0, 0.05) is 13.0 Å². The fraction of sp³-hybridized carbons (Fsp3) is 0.909. The maximum atomic E-state index is 11.8. The maximum Gasteiger partial charge on any atom is 0.248 e. The molecule has 1 amide bonds. The number of hydrogen-bond acceptors (Lipinski definition) is 2. The number of amides is 1. The van der Waals surface area contributed by atoms with Crippen LogP contribution in [0.2, 0.25) is 0 Å². The molecule has 84 valence electrons. The van der Waals surface area contributed by atoms with Crippen molar-refractivity contribution in [3.63, 3.8) is 0 Å². The van der Waals surface area contributed by atoms with Crippen LogP contribution in [0.5, 0.6) is 0 Å². The van der Waals surface area contributed by atoms with Crippen molar-refractivity contribution in [2.75, 3.05) is 14.2 Å². The Morgan fingerprint density at radius 3 is 2.36 bits per heavy atom. The molecule has 0 aliphatic carbocycles. The Morgan fingerprint density at radius 1 is 1.29 bits per heavy atom. The van der Waals surface area contributed by atoms with Gasteiger partial charge >= 0.3 is 0 Å². The Kier molecular flexibility index (Phi) is 7.48. The van der Waals surface area contributed by atoms with Crippen molar-refractivity contribution in [2.45, 2.75) is 46.0 Å². The highest BCUT2D eigenvalue weighted by atomic mass is 16.7. The van der Waals surface area contributed by atoms with E-state index in [2.05, 4.69) is 13.8 Å². The van der Waals surface area contributed by atoms with Crippen LogP contribution in [0.15, 0.2) is 0 Å². The van der Waals surface area contributed by atoms with Crippen LogP contribution >= 0.6 is 0 Å². The second-order valence-electron chi connectivity index (χ2n) is 3.65. The first-order chi connectivity index (χ1) is 6.67. The third-order valence-corrected chi connectivity index (χ3v) is 2.48. The number of carbonyl (C=O) groups is 1. The van der Waals surface area contributed by atoms with Crippen molar-refractivity contribution in [3.8, 4) is 0 Å². The summed E-state index contributed by atoms with van der Waals surface area (Å²) in [7, 11) is 3.21. The van der Waals surface area contributed by atoms with Gasteiger partial charge in [0.1, 0.15) is 0 Å². The van der Waals surface area contributed by atoms with E-state index in [0.717, 1.165) is 32.1 Å². The number of unbranched alkanes of at least 4 members (excludes halogenated alkanes) is 1. The van der Waals surface area contributed by atoms with Crippen molar-refractivity contribution < 1.29 is 9.63 Å². The summed E-state index contributed by atoms with van der Waals surface area (Å²) in [4.78, 5) is 16.7. The molecule has 0 fully saturated rings. The lowest BCUT2D eigenvalue weighted by Crippen LogP contribution is -2.32. The van der Waals surface area contributed by atoms with E-state index in [4.69, 9.17) is 4.84 Å². The molecule has 0 aliphatic rings. The van der Waals surface area contributed by atoms with Gasteiger partial charge in [0.05, 0.1) is 7.11 Å². The Balaban J connectivity index is 4.10. The summed E-state index contributed by atoms with van der Waals surface area (Å²) in [6.07, 6.45) is 5.26. The first-order valence-electron chi connectivity index (χ1n) is 5.49. The third-order valence-electron chi connectivity index (χ3n) is 2.48. The zero-order chi connectivity index (χ0) is 11.0. The molecule has 3 nitrogen and oxygen atoms in total. The first-order valence-corrected chi connectivity index (χ1v) is 5.49. The van der Waals surface area contributed by atoms with Crippen LogP contribution in [0.4, 0.5) is 0 Å². The van der Waals surface area contributed by atoms with E-state index in [1.807, 2.05) is 0 Å². The van der Waals surface area contributed by atoms with Crippen LogP contribution in [0.1, 0.15) is 46.0 Å². The van der Waals surface area contributed by atoms with E-state index in [1.54, 1.807) is 7.05 Å². The topological polar surface area (TPSA) is 29.5 Å². The summed E-state index contributed by atoms with van der Waals surface area (Å²) in [6.45, 7) is 4.26. The van der Waals surface area contributed by atoms with Gasteiger partial charge in [-0.15, -0.1) is 0 Å². The van der Waals surface area contributed by atoms with Gasteiger partial charge in [-0.2, -0.15) is 0 Å². The van der Waals surface area contributed by atoms with E-state index in [0.29, 0.717) is 0 Å². The highest BCUT2D eigenvalue weighted by Crippen LogP contribution is 2.17. The van der Waals surface area contributed by atoms with E-state index < -0.39 is 0 Å². The van der Waals surface area contributed by atoms with E-state index in [9.17, 15) is 4.79 Å². The van der Waals surface area contributed by atoms with E-state index >= 15 is 0 Å². The minimum atomic E-state index is 0.114. The smallest absolute Gasteiger partial charge is 0.248 e. The lowest BCUT2D eigenvalue weighted by atomic mass is 9.96. The van der Waals surface area contributed by atoms with Crippen LogP contribution < -0.4 is 0 Å². The van der Waals surface area contributed by atoms with Gasteiger partial charge in [0.25, 0.3) is 0 Å². The van der Waals surface area contributed by atoms with Crippen molar-refractivity contribution >= 4 is 5.91 Å². The molecular formula is C11H23NO2. The molecule has 1 atom stereocenters. The molecule has 0 aromatic carbocycles. The van der Waals surface area contributed by atoms with Crippen molar-refractivity contribution in [2.24, 2.45) is 5.92 Å². The highest BCUT2D eigenvalue weighted by molar-refractivity contribution is 5.77. The van der Waals surface area contributed by atoms with Crippen molar-refractivity contribution in [3.05, 3.63) is 0 Å². The molecule has 0 N–H and O–H groups in total. The fourth-order valence-corrected chi connectivity index (χ4v) is 1.54. The summed E-state index contributed by atoms with van der Waals surface area (Å²) in [5, 5.41) is 1.34. The molecule has 0 saturated carbocycles. The third kappa shape index (κ3) is 4.61. The molecule has 0 aliphatic heterocycles. The molecule has 3 heteroatoms.